The summed E-state index contributed by atoms with van der Waals surface area (Å²) in [5.41, 5.74) is 6.29. The highest BCUT2D eigenvalue weighted by Gasteiger charge is 2.24. The number of aromatic hydroxyl groups is 1. The minimum absolute atomic E-state index is 0.0673. The van der Waals surface area contributed by atoms with Gasteiger partial charge in [0.2, 0.25) is 0 Å². The maximum atomic E-state index is 12.5. The van der Waals surface area contributed by atoms with Crippen LogP contribution in [0.1, 0.15) is 63.8 Å². The van der Waals surface area contributed by atoms with Gasteiger partial charge >= 0.3 is 0 Å². The van der Waals surface area contributed by atoms with Crippen molar-refractivity contribution in [3.63, 3.8) is 0 Å². The molecule has 3 rings (SSSR count). The largest absolute Gasteiger partial charge is 0.507 e. The van der Waals surface area contributed by atoms with E-state index in [0.717, 1.165) is 43.9 Å². The standard InChI is InChI=1S/C28H40N4O2/c1-27(2,3)23-16-22(26(34)24(17-23)28(4,5)6)18-29-30-25(33)20-32-14-12-31(13-15-32)19-21-10-8-7-9-11-21/h7-11,16-18,34H,12-15,19-20H2,1-6H3,(H,30,33)/b29-18+. The maximum Gasteiger partial charge on any atom is 0.254 e. The molecule has 0 bridgehead atoms. The van der Waals surface area contributed by atoms with E-state index in [9.17, 15) is 9.90 Å². The molecular weight excluding hydrogens is 424 g/mol. The van der Waals surface area contributed by atoms with Crippen LogP contribution in [0, 0.1) is 0 Å². The number of hydrazone groups is 1. The Kier molecular flexibility index (Phi) is 8.16. The van der Waals surface area contributed by atoms with E-state index in [1.165, 1.54) is 5.56 Å². The predicted molar refractivity (Wildman–Crippen MR) is 139 cm³/mol. The number of phenols is 1. The Labute approximate surface area is 204 Å². The highest BCUT2D eigenvalue weighted by Crippen LogP contribution is 2.37. The maximum absolute atomic E-state index is 12.5. The Morgan fingerprint density at radius 1 is 0.971 bits per heavy atom. The van der Waals surface area contributed by atoms with Crippen LogP contribution in [0.4, 0.5) is 0 Å². The van der Waals surface area contributed by atoms with Gasteiger partial charge in [0.05, 0.1) is 12.8 Å². The molecule has 1 heterocycles. The fourth-order valence-corrected chi connectivity index (χ4v) is 4.12. The van der Waals surface area contributed by atoms with Crippen LogP contribution in [-0.4, -0.2) is 59.8 Å². The van der Waals surface area contributed by atoms with Crippen molar-refractivity contribution in [3.05, 3.63) is 64.7 Å². The third-order valence-corrected chi connectivity index (χ3v) is 6.29. The quantitative estimate of drug-likeness (QED) is 0.495. The van der Waals surface area contributed by atoms with Gasteiger partial charge in [0, 0.05) is 43.9 Å². The molecule has 0 aromatic heterocycles. The van der Waals surface area contributed by atoms with E-state index in [2.05, 4.69) is 92.2 Å². The lowest BCUT2D eigenvalue weighted by atomic mass is 9.79. The van der Waals surface area contributed by atoms with Gasteiger partial charge in [0.25, 0.3) is 5.91 Å². The molecular formula is C28H40N4O2. The Balaban J connectivity index is 1.56. The van der Waals surface area contributed by atoms with Crippen molar-refractivity contribution in [3.8, 4) is 5.75 Å². The van der Waals surface area contributed by atoms with E-state index in [4.69, 9.17) is 0 Å². The lowest BCUT2D eigenvalue weighted by molar-refractivity contribution is -0.122. The summed E-state index contributed by atoms with van der Waals surface area (Å²) in [5, 5.41) is 15.0. The fourth-order valence-electron chi connectivity index (χ4n) is 4.12. The summed E-state index contributed by atoms with van der Waals surface area (Å²) in [4.78, 5) is 17.0. The van der Waals surface area contributed by atoms with Crippen molar-refractivity contribution in [1.82, 2.24) is 15.2 Å². The first-order valence-electron chi connectivity index (χ1n) is 12.1. The van der Waals surface area contributed by atoms with E-state index in [1.807, 2.05) is 12.1 Å². The van der Waals surface area contributed by atoms with Crippen molar-refractivity contribution < 1.29 is 9.90 Å². The Morgan fingerprint density at radius 2 is 1.59 bits per heavy atom. The van der Waals surface area contributed by atoms with Crippen LogP contribution in [0.25, 0.3) is 0 Å². The number of amides is 1. The van der Waals surface area contributed by atoms with Gasteiger partial charge in [0.15, 0.2) is 0 Å². The summed E-state index contributed by atoms with van der Waals surface area (Å²) in [6.07, 6.45) is 1.55. The molecule has 1 saturated heterocycles. The summed E-state index contributed by atoms with van der Waals surface area (Å²) in [6, 6.07) is 14.5. The van der Waals surface area contributed by atoms with Crippen LogP contribution < -0.4 is 5.43 Å². The number of nitrogens with one attached hydrogen (secondary N) is 1. The average molecular weight is 465 g/mol. The third-order valence-electron chi connectivity index (χ3n) is 6.29. The van der Waals surface area contributed by atoms with Gasteiger partial charge in [-0.15, -0.1) is 0 Å². The van der Waals surface area contributed by atoms with Crippen molar-refractivity contribution in [1.29, 1.82) is 0 Å². The zero-order valence-corrected chi connectivity index (χ0v) is 21.6. The van der Waals surface area contributed by atoms with E-state index < -0.39 is 0 Å². The highest BCUT2D eigenvalue weighted by molar-refractivity contribution is 5.86. The number of rotatable bonds is 6. The second-order valence-electron chi connectivity index (χ2n) is 11.3. The van der Waals surface area contributed by atoms with Crippen molar-refractivity contribution >= 4 is 12.1 Å². The van der Waals surface area contributed by atoms with Gasteiger partial charge in [-0.1, -0.05) is 77.9 Å². The summed E-state index contributed by atoms with van der Waals surface area (Å²) < 4.78 is 0. The Bertz CT molecular complexity index is 996. The zero-order chi connectivity index (χ0) is 24.9. The minimum Gasteiger partial charge on any atom is -0.507 e. The van der Waals surface area contributed by atoms with E-state index in [-0.39, 0.29) is 22.5 Å². The number of carbonyl (C=O) groups is 1. The zero-order valence-electron chi connectivity index (χ0n) is 21.6. The molecule has 0 unspecified atom stereocenters. The molecule has 0 aliphatic carbocycles. The topological polar surface area (TPSA) is 68.2 Å². The van der Waals surface area contributed by atoms with Crippen LogP contribution in [0.15, 0.2) is 47.6 Å². The number of nitrogens with zero attached hydrogens (tertiary/aromatic N) is 3. The number of piperazine rings is 1. The molecule has 1 aliphatic rings. The van der Waals surface area contributed by atoms with E-state index >= 15 is 0 Å². The summed E-state index contributed by atoms with van der Waals surface area (Å²) >= 11 is 0. The first-order valence-corrected chi connectivity index (χ1v) is 12.1. The molecule has 1 aliphatic heterocycles. The molecule has 1 amide bonds. The van der Waals surface area contributed by atoms with Gasteiger partial charge < -0.3 is 5.11 Å². The minimum atomic E-state index is -0.208. The molecule has 34 heavy (non-hydrogen) atoms. The van der Waals surface area contributed by atoms with Crippen molar-refractivity contribution in [2.24, 2.45) is 5.10 Å². The highest BCUT2D eigenvalue weighted by atomic mass is 16.3. The summed E-state index contributed by atoms with van der Waals surface area (Å²) in [7, 11) is 0. The Morgan fingerprint density at radius 3 is 2.18 bits per heavy atom. The molecule has 6 nitrogen and oxygen atoms in total. The lowest BCUT2D eigenvalue weighted by Gasteiger charge is -2.34. The molecule has 2 aromatic carbocycles. The summed E-state index contributed by atoms with van der Waals surface area (Å²) in [5.74, 6) is 0.0725. The number of carbonyl (C=O) groups excluding carboxylic acids is 1. The molecule has 2 N–H and O–H groups in total. The van der Waals surface area contributed by atoms with Crippen LogP contribution in [0.5, 0.6) is 5.75 Å². The molecule has 0 radical (unpaired) electrons. The van der Waals surface area contributed by atoms with Crippen molar-refractivity contribution in [2.45, 2.75) is 58.9 Å². The van der Waals surface area contributed by atoms with E-state index in [0.29, 0.717) is 12.1 Å². The van der Waals surface area contributed by atoms with Gasteiger partial charge in [-0.2, -0.15) is 5.10 Å². The van der Waals surface area contributed by atoms with Crippen molar-refractivity contribution in [2.75, 3.05) is 32.7 Å². The molecule has 2 aromatic rings. The number of hydrogen-bond acceptors (Lipinski definition) is 5. The third kappa shape index (κ3) is 7.15. The fraction of sp³-hybridized carbons (Fsp3) is 0.500. The SMILES string of the molecule is CC(C)(C)c1cc(/C=N/NC(=O)CN2CCN(Cc3ccccc3)CC2)c(O)c(C(C)(C)C)c1. The Hall–Kier alpha value is -2.70. The first-order chi connectivity index (χ1) is 15.9. The van der Waals surface area contributed by atoms with Crippen LogP contribution in [0.2, 0.25) is 0 Å². The second kappa shape index (κ2) is 10.7. The second-order valence-corrected chi connectivity index (χ2v) is 11.3. The smallest absolute Gasteiger partial charge is 0.254 e. The number of phenolic OH excluding ortho intramolecular Hbond substituents is 1. The first kappa shape index (κ1) is 25.9. The van der Waals surface area contributed by atoms with Gasteiger partial charge in [-0.3, -0.25) is 14.6 Å². The van der Waals surface area contributed by atoms with Gasteiger partial charge in [0.1, 0.15) is 5.75 Å². The average Bonchev–Trinajstić information content (AvgIpc) is 2.75. The summed E-state index contributed by atoms with van der Waals surface area (Å²) in [6.45, 7) is 17.5. The normalized spacial score (nSPS) is 16.2. The monoisotopic (exact) mass is 464 g/mol. The molecule has 1 fully saturated rings. The lowest BCUT2D eigenvalue weighted by Crippen LogP contribution is -2.48. The van der Waals surface area contributed by atoms with E-state index in [1.54, 1.807) is 6.21 Å². The number of benzene rings is 2. The molecule has 6 heteroatoms. The molecule has 0 spiro atoms. The van der Waals surface area contributed by atoms with Gasteiger partial charge in [-0.25, -0.2) is 5.43 Å². The van der Waals surface area contributed by atoms with Crippen LogP contribution in [-0.2, 0) is 22.2 Å². The van der Waals surface area contributed by atoms with Crippen LogP contribution >= 0.6 is 0 Å². The van der Waals surface area contributed by atoms with Gasteiger partial charge in [-0.05, 0) is 28.0 Å². The van der Waals surface area contributed by atoms with Crippen LogP contribution in [0.3, 0.4) is 0 Å². The number of hydrogen-bond donors (Lipinski definition) is 2. The molecule has 184 valence electrons. The molecule has 0 saturated carbocycles. The molecule has 0 atom stereocenters. The predicted octanol–water partition coefficient (Wildman–Crippen LogP) is 4.26.